The Bertz CT molecular complexity index is 877. The minimum Gasteiger partial charge on any atom is -0.342 e. The number of hydrogen-bond acceptors (Lipinski definition) is 6. The summed E-state index contributed by atoms with van der Waals surface area (Å²) in [6, 6.07) is 5.62. The summed E-state index contributed by atoms with van der Waals surface area (Å²) in [5, 5.41) is 8.24. The van der Waals surface area contributed by atoms with Gasteiger partial charge in [0.2, 0.25) is 5.91 Å². The number of aromatic nitrogens is 5. The maximum absolute atomic E-state index is 12.5. The predicted molar refractivity (Wildman–Crippen MR) is 102 cm³/mol. The number of amides is 1. The molecule has 0 bridgehead atoms. The van der Waals surface area contributed by atoms with Crippen LogP contribution in [0, 0.1) is 5.92 Å². The van der Waals surface area contributed by atoms with Gasteiger partial charge in [0, 0.05) is 57.3 Å². The Kier molecular flexibility index (Phi) is 5.75. The van der Waals surface area contributed by atoms with Crippen LogP contribution >= 0.6 is 0 Å². The van der Waals surface area contributed by atoms with Gasteiger partial charge in [-0.15, -0.1) is 0 Å². The highest BCUT2D eigenvalue weighted by atomic mass is 16.5. The fraction of sp³-hybridized carbons (Fsp3) is 0.450. The molecule has 0 aromatic carbocycles. The third-order valence-electron chi connectivity index (χ3n) is 5.14. The summed E-state index contributed by atoms with van der Waals surface area (Å²) in [5.41, 5.74) is 0.827. The van der Waals surface area contributed by atoms with E-state index in [1.54, 1.807) is 23.3 Å². The highest BCUT2D eigenvalue weighted by molar-refractivity contribution is 5.76. The van der Waals surface area contributed by atoms with Gasteiger partial charge in [-0.25, -0.2) is 0 Å². The molecule has 146 valence electrons. The van der Waals surface area contributed by atoms with Crippen LogP contribution in [0.1, 0.15) is 31.5 Å². The van der Waals surface area contributed by atoms with Crippen molar-refractivity contribution in [1.82, 2.24) is 29.8 Å². The van der Waals surface area contributed by atoms with E-state index in [4.69, 9.17) is 4.52 Å². The van der Waals surface area contributed by atoms with E-state index in [9.17, 15) is 4.79 Å². The molecule has 4 rings (SSSR count). The standard InChI is InChI=1S/C20H24N6O2/c27-19(8-13-26-12-3-10-22-26)25-11-2-4-16(15-25)6-7-18-23-20(28-24-18)17-5-1-9-21-14-17/h1,3,5,9-10,12,14,16H,2,4,6-8,11,13,15H2. The summed E-state index contributed by atoms with van der Waals surface area (Å²) in [6.07, 6.45) is 11.4. The van der Waals surface area contributed by atoms with Crippen LogP contribution in [0.2, 0.25) is 0 Å². The first kappa shape index (κ1) is 18.3. The summed E-state index contributed by atoms with van der Waals surface area (Å²) in [7, 11) is 0. The number of hydrogen-bond donors (Lipinski definition) is 0. The van der Waals surface area contributed by atoms with Crippen LogP contribution in [0.25, 0.3) is 11.5 Å². The highest BCUT2D eigenvalue weighted by Crippen LogP contribution is 2.22. The van der Waals surface area contributed by atoms with Crippen molar-refractivity contribution in [3.05, 3.63) is 48.8 Å². The van der Waals surface area contributed by atoms with Crippen molar-refractivity contribution >= 4 is 5.91 Å². The van der Waals surface area contributed by atoms with Crippen LogP contribution in [-0.2, 0) is 17.8 Å². The Hall–Kier alpha value is -3.03. The number of carbonyl (C=O) groups is 1. The van der Waals surface area contributed by atoms with Gasteiger partial charge in [0.25, 0.3) is 5.89 Å². The van der Waals surface area contributed by atoms with E-state index in [1.165, 1.54) is 0 Å². The predicted octanol–water partition coefficient (Wildman–Crippen LogP) is 2.59. The topological polar surface area (TPSA) is 89.9 Å². The number of rotatable bonds is 7. The van der Waals surface area contributed by atoms with Crippen molar-refractivity contribution in [2.75, 3.05) is 13.1 Å². The first-order valence-electron chi connectivity index (χ1n) is 9.76. The fourth-order valence-electron chi connectivity index (χ4n) is 3.62. The van der Waals surface area contributed by atoms with Crippen molar-refractivity contribution in [3.8, 4) is 11.5 Å². The number of carbonyl (C=O) groups excluding carboxylic acids is 1. The lowest BCUT2D eigenvalue weighted by atomic mass is 9.93. The van der Waals surface area contributed by atoms with E-state index in [0.29, 0.717) is 30.6 Å². The van der Waals surface area contributed by atoms with Gasteiger partial charge in [0.05, 0.1) is 5.56 Å². The molecule has 1 unspecified atom stereocenters. The van der Waals surface area contributed by atoms with Crippen molar-refractivity contribution < 1.29 is 9.32 Å². The van der Waals surface area contributed by atoms with Gasteiger partial charge in [-0.3, -0.25) is 14.5 Å². The third-order valence-corrected chi connectivity index (χ3v) is 5.14. The second-order valence-corrected chi connectivity index (χ2v) is 7.16. The maximum Gasteiger partial charge on any atom is 0.259 e. The van der Waals surface area contributed by atoms with Crippen molar-refractivity contribution in [3.63, 3.8) is 0 Å². The molecule has 1 saturated heterocycles. The maximum atomic E-state index is 12.5. The van der Waals surface area contributed by atoms with E-state index in [2.05, 4.69) is 20.2 Å². The van der Waals surface area contributed by atoms with Crippen molar-refractivity contribution in [2.45, 2.75) is 38.6 Å². The van der Waals surface area contributed by atoms with Gasteiger partial charge in [0.1, 0.15) is 0 Å². The summed E-state index contributed by atoms with van der Waals surface area (Å²) < 4.78 is 7.14. The van der Waals surface area contributed by atoms with Gasteiger partial charge < -0.3 is 9.42 Å². The quantitative estimate of drug-likeness (QED) is 0.626. The lowest BCUT2D eigenvalue weighted by molar-refractivity contribution is -0.133. The van der Waals surface area contributed by atoms with Gasteiger partial charge in [0.15, 0.2) is 5.82 Å². The molecule has 3 aromatic heterocycles. The largest absolute Gasteiger partial charge is 0.342 e. The average Bonchev–Trinajstić information content (AvgIpc) is 3.43. The fourth-order valence-corrected chi connectivity index (χ4v) is 3.62. The minimum atomic E-state index is 0.207. The number of piperidine rings is 1. The SMILES string of the molecule is O=C(CCn1cccn1)N1CCCC(CCc2noc(-c3cccnc3)n2)C1. The molecule has 1 aliphatic heterocycles. The highest BCUT2D eigenvalue weighted by Gasteiger charge is 2.24. The van der Waals surface area contributed by atoms with Crippen LogP contribution in [-0.4, -0.2) is 48.8 Å². The molecule has 0 spiro atoms. The molecule has 8 nitrogen and oxygen atoms in total. The summed E-state index contributed by atoms with van der Waals surface area (Å²) in [4.78, 5) is 23.1. The zero-order valence-electron chi connectivity index (χ0n) is 15.8. The Morgan fingerprint density at radius 2 is 2.25 bits per heavy atom. The molecule has 1 fully saturated rings. The smallest absolute Gasteiger partial charge is 0.259 e. The number of nitrogens with zero attached hydrogens (tertiary/aromatic N) is 6. The van der Waals surface area contributed by atoms with E-state index in [1.807, 2.05) is 29.3 Å². The number of pyridine rings is 1. The van der Waals surface area contributed by atoms with E-state index < -0.39 is 0 Å². The Labute approximate surface area is 163 Å². The molecule has 8 heteroatoms. The molecule has 0 radical (unpaired) electrons. The Morgan fingerprint density at radius 3 is 3.07 bits per heavy atom. The van der Waals surface area contributed by atoms with E-state index in [-0.39, 0.29) is 5.91 Å². The molecule has 1 amide bonds. The monoisotopic (exact) mass is 380 g/mol. The first-order valence-corrected chi connectivity index (χ1v) is 9.76. The van der Waals surface area contributed by atoms with Crippen LogP contribution in [0.5, 0.6) is 0 Å². The molecule has 28 heavy (non-hydrogen) atoms. The molecule has 0 N–H and O–H groups in total. The van der Waals surface area contributed by atoms with Gasteiger partial charge in [-0.05, 0) is 43.4 Å². The summed E-state index contributed by atoms with van der Waals surface area (Å²) in [6.45, 7) is 2.29. The van der Waals surface area contributed by atoms with Crippen LogP contribution in [0.4, 0.5) is 0 Å². The van der Waals surface area contributed by atoms with Crippen molar-refractivity contribution in [2.24, 2.45) is 5.92 Å². The van der Waals surface area contributed by atoms with Gasteiger partial charge in [-0.2, -0.15) is 10.1 Å². The normalized spacial score (nSPS) is 17.0. The Balaban J connectivity index is 1.26. The zero-order valence-corrected chi connectivity index (χ0v) is 15.8. The minimum absolute atomic E-state index is 0.207. The second kappa shape index (κ2) is 8.77. The third kappa shape index (κ3) is 4.62. The van der Waals surface area contributed by atoms with E-state index in [0.717, 1.165) is 44.3 Å². The molecule has 1 aliphatic rings. The van der Waals surface area contributed by atoms with Crippen molar-refractivity contribution in [1.29, 1.82) is 0 Å². The number of aryl methyl sites for hydroxylation is 2. The molecule has 4 heterocycles. The first-order chi connectivity index (χ1) is 13.8. The van der Waals surface area contributed by atoms with E-state index >= 15 is 0 Å². The zero-order chi connectivity index (χ0) is 19.2. The van der Waals surface area contributed by atoms with Crippen LogP contribution in [0.3, 0.4) is 0 Å². The second-order valence-electron chi connectivity index (χ2n) is 7.16. The Morgan fingerprint density at radius 1 is 1.29 bits per heavy atom. The molecular formula is C20H24N6O2. The summed E-state index contributed by atoms with van der Waals surface area (Å²) in [5.74, 6) is 1.89. The molecule has 0 aliphatic carbocycles. The van der Waals surface area contributed by atoms with Crippen LogP contribution < -0.4 is 0 Å². The van der Waals surface area contributed by atoms with Gasteiger partial charge in [-0.1, -0.05) is 5.16 Å². The van der Waals surface area contributed by atoms with Gasteiger partial charge >= 0.3 is 0 Å². The molecular weight excluding hydrogens is 356 g/mol. The molecule has 0 saturated carbocycles. The lowest BCUT2D eigenvalue weighted by Gasteiger charge is -2.32. The molecule has 1 atom stereocenters. The average molecular weight is 380 g/mol. The van der Waals surface area contributed by atoms with Crippen LogP contribution in [0.15, 0.2) is 47.5 Å². The molecule has 3 aromatic rings. The lowest BCUT2D eigenvalue weighted by Crippen LogP contribution is -2.40. The summed E-state index contributed by atoms with van der Waals surface area (Å²) >= 11 is 0. The number of likely N-dealkylation sites (tertiary alicyclic amines) is 1.